The van der Waals surface area contributed by atoms with E-state index in [0.29, 0.717) is 5.92 Å². The highest BCUT2D eigenvalue weighted by molar-refractivity contribution is 4.79. The first-order valence-electron chi connectivity index (χ1n) is 7.01. The van der Waals surface area contributed by atoms with Gasteiger partial charge in [-0.25, -0.2) is 0 Å². The normalized spacial score (nSPS) is 22.9. The second kappa shape index (κ2) is 6.72. The summed E-state index contributed by atoms with van der Waals surface area (Å²) >= 11 is 0. The highest BCUT2D eigenvalue weighted by atomic mass is 16.3. The van der Waals surface area contributed by atoms with E-state index in [-0.39, 0.29) is 0 Å². The van der Waals surface area contributed by atoms with Crippen LogP contribution in [-0.2, 0) is 0 Å². The van der Waals surface area contributed by atoms with Crippen molar-refractivity contribution in [3.63, 3.8) is 0 Å². The minimum absolute atomic E-state index is 0.551. The van der Waals surface area contributed by atoms with Gasteiger partial charge in [0.2, 0.25) is 0 Å². The summed E-state index contributed by atoms with van der Waals surface area (Å²) in [5.41, 5.74) is -0.556. The monoisotopic (exact) mass is 242 g/mol. The van der Waals surface area contributed by atoms with Gasteiger partial charge in [-0.05, 0) is 64.7 Å². The molecule has 2 N–H and O–H groups in total. The van der Waals surface area contributed by atoms with Gasteiger partial charge in [0.05, 0.1) is 5.60 Å². The average Bonchev–Trinajstić information content (AvgIpc) is 2.18. The van der Waals surface area contributed by atoms with Gasteiger partial charge in [-0.1, -0.05) is 13.8 Å². The van der Waals surface area contributed by atoms with Crippen molar-refractivity contribution in [2.75, 3.05) is 33.2 Å². The predicted molar refractivity (Wildman–Crippen MR) is 73.2 cm³/mol. The molecule has 1 heterocycles. The third kappa shape index (κ3) is 6.39. The Balaban J connectivity index is 2.14. The Morgan fingerprint density at radius 2 is 1.94 bits per heavy atom. The van der Waals surface area contributed by atoms with E-state index in [1.807, 2.05) is 6.92 Å². The summed E-state index contributed by atoms with van der Waals surface area (Å²) in [7, 11) is 2.19. The van der Waals surface area contributed by atoms with Gasteiger partial charge < -0.3 is 15.3 Å². The highest BCUT2D eigenvalue weighted by Crippen LogP contribution is 2.17. The van der Waals surface area contributed by atoms with Gasteiger partial charge in [0, 0.05) is 6.54 Å². The molecule has 1 fully saturated rings. The van der Waals surface area contributed by atoms with Crippen molar-refractivity contribution < 1.29 is 5.11 Å². The van der Waals surface area contributed by atoms with Crippen molar-refractivity contribution in [2.45, 2.75) is 45.6 Å². The molecule has 0 saturated carbocycles. The van der Waals surface area contributed by atoms with E-state index in [2.05, 4.69) is 31.1 Å². The fraction of sp³-hybridized carbons (Fsp3) is 1.00. The van der Waals surface area contributed by atoms with Crippen LogP contribution in [-0.4, -0.2) is 48.8 Å². The van der Waals surface area contributed by atoms with Crippen molar-refractivity contribution in [3.05, 3.63) is 0 Å². The van der Waals surface area contributed by atoms with E-state index < -0.39 is 5.60 Å². The number of likely N-dealkylation sites (tertiary alicyclic amines) is 1. The predicted octanol–water partition coefficient (Wildman–Crippen LogP) is 1.71. The maximum atomic E-state index is 10.2. The number of nitrogens with one attached hydrogen (secondary N) is 1. The summed E-state index contributed by atoms with van der Waals surface area (Å²) in [6, 6.07) is 0. The van der Waals surface area contributed by atoms with Gasteiger partial charge in [-0.15, -0.1) is 0 Å². The molecule has 0 spiro atoms. The van der Waals surface area contributed by atoms with Crippen molar-refractivity contribution >= 4 is 0 Å². The molecule has 0 bridgehead atoms. The molecule has 0 aromatic carbocycles. The average molecular weight is 242 g/mol. The van der Waals surface area contributed by atoms with Crippen LogP contribution >= 0.6 is 0 Å². The minimum atomic E-state index is -0.556. The largest absolute Gasteiger partial charge is 0.389 e. The third-order valence-corrected chi connectivity index (χ3v) is 3.62. The lowest BCUT2D eigenvalue weighted by atomic mass is 9.93. The van der Waals surface area contributed by atoms with E-state index in [9.17, 15) is 5.11 Å². The molecule has 0 radical (unpaired) electrons. The maximum absolute atomic E-state index is 10.2. The Morgan fingerprint density at radius 1 is 1.35 bits per heavy atom. The summed E-state index contributed by atoms with van der Waals surface area (Å²) < 4.78 is 0. The van der Waals surface area contributed by atoms with Crippen LogP contribution in [0, 0.1) is 11.8 Å². The van der Waals surface area contributed by atoms with E-state index in [1.54, 1.807) is 0 Å². The molecule has 3 nitrogen and oxygen atoms in total. The molecular formula is C14H30N2O. The molecule has 1 atom stereocenters. The molecule has 0 amide bonds. The quantitative estimate of drug-likeness (QED) is 0.744. The molecule has 1 saturated heterocycles. The Morgan fingerprint density at radius 3 is 2.47 bits per heavy atom. The van der Waals surface area contributed by atoms with Crippen molar-refractivity contribution in [1.29, 1.82) is 0 Å². The van der Waals surface area contributed by atoms with Gasteiger partial charge in [0.15, 0.2) is 0 Å². The summed E-state index contributed by atoms with van der Waals surface area (Å²) in [5, 5.41) is 13.6. The number of hydrogen-bond donors (Lipinski definition) is 2. The fourth-order valence-electron chi connectivity index (χ4n) is 2.76. The van der Waals surface area contributed by atoms with Crippen LogP contribution in [0.15, 0.2) is 0 Å². The van der Waals surface area contributed by atoms with Gasteiger partial charge in [-0.2, -0.15) is 0 Å². The van der Waals surface area contributed by atoms with E-state index >= 15 is 0 Å². The lowest BCUT2D eigenvalue weighted by molar-refractivity contribution is 0.0370. The molecule has 0 aromatic heterocycles. The Labute approximate surface area is 107 Å². The second-order valence-electron chi connectivity index (χ2n) is 6.47. The van der Waals surface area contributed by atoms with Gasteiger partial charge in [0.25, 0.3) is 0 Å². The second-order valence-corrected chi connectivity index (χ2v) is 6.47. The molecule has 1 aliphatic heterocycles. The smallest absolute Gasteiger partial charge is 0.0746 e. The molecule has 17 heavy (non-hydrogen) atoms. The number of hydrogen-bond acceptors (Lipinski definition) is 3. The van der Waals surface area contributed by atoms with Crippen molar-refractivity contribution in [1.82, 2.24) is 10.2 Å². The molecule has 1 rings (SSSR count). The molecule has 102 valence electrons. The summed E-state index contributed by atoms with van der Waals surface area (Å²) in [6.45, 7) is 10.5. The molecule has 1 aliphatic rings. The maximum Gasteiger partial charge on any atom is 0.0746 e. The van der Waals surface area contributed by atoms with Gasteiger partial charge in [-0.3, -0.25) is 0 Å². The van der Waals surface area contributed by atoms with Crippen LogP contribution in [0.2, 0.25) is 0 Å². The number of aliphatic hydroxyl groups is 1. The zero-order valence-electron chi connectivity index (χ0n) is 12.0. The van der Waals surface area contributed by atoms with Gasteiger partial charge >= 0.3 is 0 Å². The van der Waals surface area contributed by atoms with E-state index in [4.69, 9.17) is 0 Å². The number of nitrogens with zero attached hydrogens (tertiary/aromatic N) is 1. The molecule has 0 aromatic rings. The first-order chi connectivity index (χ1) is 7.89. The fourth-order valence-corrected chi connectivity index (χ4v) is 2.76. The molecule has 3 heteroatoms. The lowest BCUT2D eigenvalue weighted by Crippen LogP contribution is -2.42. The standard InChI is InChI=1S/C14H30N2O/c1-12(2)9-14(3,17)11-15-10-13-5-7-16(4)8-6-13/h12-13,15,17H,5-11H2,1-4H3. The van der Waals surface area contributed by atoms with E-state index in [1.165, 1.54) is 25.9 Å². The Kier molecular flexibility index (Phi) is 5.90. The zero-order chi connectivity index (χ0) is 12.9. The Hall–Kier alpha value is -0.120. The molecule has 0 aliphatic carbocycles. The first-order valence-corrected chi connectivity index (χ1v) is 7.01. The zero-order valence-corrected chi connectivity index (χ0v) is 12.0. The SMILES string of the molecule is CC(C)CC(C)(O)CNCC1CCN(C)CC1. The first kappa shape index (κ1) is 14.9. The van der Waals surface area contributed by atoms with Crippen molar-refractivity contribution in [2.24, 2.45) is 11.8 Å². The number of rotatable bonds is 6. The van der Waals surface area contributed by atoms with Crippen molar-refractivity contribution in [3.8, 4) is 0 Å². The number of piperidine rings is 1. The van der Waals surface area contributed by atoms with Crippen LogP contribution in [0.4, 0.5) is 0 Å². The van der Waals surface area contributed by atoms with E-state index in [0.717, 1.165) is 25.4 Å². The minimum Gasteiger partial charge on any atom is -0.389 e. The van der Waals surface area contributed by atoms with Crippen LogP contribution in [0.3, 0.4) is 0 Å². The van der Waals surface area contributed by atoms with Crippen LogP contribution in [0.1, 0.15) is 40.0 Å². The lowest BCUT2D eigenvalue weighted by Gasteiger charge is -2.31. The molecular weight excluding hydrogens is 212 g/mol. The summed E-state index contributed by atoms with van der Waals surface area (Å²) in [4.78, 5) is 2.39. The topological polar surface area (TPSA) is 35.5 Å². The van der Waals surface area contributed by atoms with Gasteiger partial charge in [0.1, 0.15) is 0 Å². The third-order valence-electron chi connectivity index (χ3n) is 3.62. The summed E-state index contributed by atoms with van der Waals surface area (Å²) in [6.07, 6.45) is 3.44. The molecule has 1 unspecified atom stereocenters. The highest BCUT2D eigenvalue weighted by Gasteiger charge is 2.22. The van der Waals surface area contributed by atoms with Crippen LogP contribution in [0.5, 0.6) is 0 Å². The Bertz CT molecular complexity index is 208. The van der Waals surface area contributed by atoms with Crippen LogP contribution < -0.4 is 5.32 Å². The van der Waals surface area contributed by atoms with Crippen LogP contribution in [0.25, 0.3) is 0 Å². The summed E-state index contributed by atoms with van der Waals surface area (Å²) in [5.74, 6) is 1.34.